The molecule has 0 aliphatic heterocycles. The zero-order valence-corrected chi connectivity index (χ0v) is 6.69. The van der Waals surface area contributed by atoms with Crippen LogP contribution in [0.15, 0.2) is 18.2 Å². The number of hydrogen-bond donors (Lipinski definition) is 0. The molecule has 0 saturated heterocycles. The molecule has 1 aromatic carbocycles. The number of hydrogen-bond acceptors (Lipinski definition) is 0. The van der Waals surface area contributed by atoms with Crippen molar-refractivity contribution < 1.29 is 8.78 Å². The Balaban J connectivity index is 2.31. The van der Waals surface area contributed by atoms with Crippen LogP contribution < -0.4 is 0 Å². The molecule has 1 fully saturated rings. The van der Waals surface area contributed by atoms with Crippen LogP contribution in [0.5, 0.6) is 0 Å². The maximum Gasteiger partial charge on any atom is 0.129 e. The van der Waals surface area contributed by atoms with Crippen molar-refractivity contribution in [2.75, 3.05) is 0 Å². The van der Waals surface area contributed by atoms with Gasteiger partial charge in [0.05, 0.1) is 0 Å². The van der Waals surface area contributed by atoms with E-state index in [1.165, 1.54) is 12.5 Å². The second-order valence-electron chi connectivity index (χ2n) is 3.29. The third-order valence-corrected chi connectivity index (χ3v) is 2.51. The summed E-state index contributed by atoms with van der Waals surface area (Å²) in [7, 11) is 0. The molecule has 0 heterocycles. The van der Waals surface area contributed by atoms with Crippen LogP contribution in [0, 0.1) is 11.6 Å². The third kappa shape index (κ3) is 1.22. The van der Waals surface area contributed by atoms with Crippen molar-refractivity contribution >= 4 is 0 Å². The minimum absolute atomic E-state index is 0.339. The van der Waals surface area contributed by atoms with E-state index in [9.17, 15) is 8.78 Å². The first-order chi connectivity index (χ1) is 5.77. The highest BCUT2D eigenvalue weighted by Crippen LogP contribution is 2.37. The van der Waals surface area contributed by atoms with Crippen LogP contribution in [0.2, 0.25) is 0 Å². The molecule has 0 spiro atoms. The van der Waals surface area contributed by atoms with E-state index < -0.39 is 5.82 Å². The normalized spacial score (nSPS) is 17.5. The molecule has 12 heavy (non-hydrogen) atoms. The lowest BCUT2D eigenvalue weighted by Gasteiger charge is -2.25. The third-order valence-electron chi connectivity index (χ3n) is 2.51. The van der Waals surface area contributed by atoms with E-state index in [-0.39, 0.29) is 5.82 Å². The fourth-order valence-corrected chi connectivity index (χ4v) is 1.55. The summed E-state index contributed by atoms with van der Waals surface area (Å²) in [4.78, 5) is 0. The number of halogens is 2. The topological polar surface area (TPSA) is 0 Å². The Hall–Kier alpha value is -0.920. The van der Waals surface area contributed by atoms with Gasteiger partial charge in [-0.1, -0.05) is 12.5 Å². The first-order valence-electron chi connectivity index (χ1n) is 4.22. The second kappa shape index (κ2) is 2.85. The zero-order valence-electron chi connectivity index (χ0n) is 6.69. The van der Waals surface area contributed by atoms with E-state index in [1.54, 1.807) is 6.07 Å². The van der Waals surface area contributed by atoms with Gasteiger partial charge in [0.15, 0.2) is 0 Å². The van der Waals surface area contributed by atoms with Gasteiger partial charge in [-0.25, -0.2) is 8.78 Å². The lowest BCUT2D eigenvalue weighted by atomic mass is 9.80. The summed E-state index contributed by atoms with van der Waals surface area (Å²) in [6, 6.07) is 3.86. The van der Waals surface area contributed by atoms with Gasteiger partial charge in [-0.3, -0.25) is 0 Å². The van der Waals surface area contributed by atoms with E-state index >= 15 is 0 Å². The van der Waals surface area contributed by atoms with Gasteiger partial charge in [-0.2, -0.15) is 0 Å². The van der Waals surface area contributed by atoms with Crippen molar-refractivity contribution in [3.05, 3.63) is 35.4 Å². The number of rotatable bonds is 1. The molecule has 2 rings (SSSR count). The Labute approximate surface area is 70.2 Å². The smallest absolute Gasteiger partial charge is 0.129 e. The summed E-state index contributed by atoms with van der Waals surface area (Å²) in [6.45, 7) is 0. The Kier molecular flexibility index (Phi) is 1.83. The fraction of sp³-hybridized carbons (Fsp3) is 0.400. The minimum Gasteiger partial charge on any atom is -0.207 e. The highest BCUT2D eigenvalue weighted by molar-refractivity contribution is 5.24. The molecule has 0 radical (unpaired) electrons. The molecule has 0 bridgehead atoms. The predicted octanol–water partition coefficient (Wildman–Crippen LogP) is 3.23. The first kappa shape index (κ1) is 7.71. The van der Waals surface area contributed by atoms with Crippen molar-refractivity contribution in [1.29, 1.82) is 0 Å². The van der Waals surface area contributed by atoms with Crippen LogP contribution in [0.3, 0.4) is 0 Å². The lowest BCUT2D eigenvalue weighted by Crippen LogP contribution is -2.10. The zero-order chi connectivity index (χ0) is 8.55. The Morgan fingerprint density at radius 1 is 1.17 bits per heavy atom. The second-order valence-corrected chi connectivity index (χ2v) is 3.29. The fourth-order valence-electron chi connectivity index (χ4n) is 1.55. The van der Waals surface area contributed by atoms with Gasteiger partial charge < -0.3 is 0 Å². The van der Waals surface area contributed by atoms with Crippen LogP contribution in [0.4, 0.5) is 8.78 Å². The predicted molar refractivity (Wildman–Crippen MR) is 43.0 cm³/mol. The van der Waals surface area contributed by atoms with E-state index in [0.717, 1.165) is 18.9 Å². The van der Waals surface area contributed by atoms with Gasteiger partial charge in [0.25, 0.3) is 0 Å². The highest BCUT2D eigenvalue weighted by atomic mass is 19.1. The summed E-state index contributed by atoms with van der Waals surface area (Å²) in [5, 5.41) is 0. The average Bonchev–Trinajstić information content (AvgIpc) is 1.91. The Morgan fingerprint density at radius 2 is 1.92 bits per heavy atom. The van der Waals surface area contributed by atoms with Crippen LogP contribution in [-0.2, 0) is 0 Å². The standard InChI is InChI=1S/C10H10F2/c11-8-4-5-9(10(12)6-8)7-2-1-3-7/h4-7H,1-3H2. The van der Waals surface area contributed by atoms with Crippen molar-refractivity contribution in [2.45, 2.75) is 25.2 Å². The quantitative estimate of drug-likeness (QED) is 0.603. The molecule has 1 aromatic rings. The van der Waals surface area contributed by atoms with Gasteiger partial charge in [0, 0.05) is 6.07 Å². The van der Waals surface area contributed by atoms with Gasteiger partial charge in [-0.15, -0.1) is 0 Å². The van der Waals surface area contributed by atoms with Crippen molar-refractivity contribution in [1.82, 2.24) is 0 Å². The summed E-state index contributed by atoms with van der Waals surface area (Å²) in [5.74, 6) is -0.541. The summed E-state index contributed by atoms with van der Waals surface area (Å²) in [5.41, 5.74) is 0.683. The molecule has 1 aliphatic rings. The molecule has 0 atom stereocenters. The summed E-state index contributed by atoms with van der Waals surface area (Å²) >= 11 is 0. The van der Waals surface area contributed by atoms with Crippen molar-refractivity contribution in [2.24, 2.45) is 0 Å². The van der Waals surface area contributed by atoms with Crippen LogP contribution in [-0.4, -0.2) is 0 Å². The maximum atomic E-state index is 13.1. The molecule has 0 aromatic heterocycles. The van der Waals surface area contributed by atoms with Gasteiger partial charge in [0.1, 0.15) is 11.6 Å². The Bertz CT molecular complexity index is 290. The summed E-state index contributed by atoms with van der Waals surface area (Å²) in [6.07, 6.45) is 3.26. The maximum absolute atomic E-state index is 13.1. The molecule has 1 saturated carbocycles. The Morgan fingerprint density at radius 3 is 2.42 bits per heavy atom. The van der Waals surface area contributed by atoms with Crippen LogP contribution >= 0.6 is 0 Å². The SMILES string of the molecule is Fc1ccc(C2CCC2)c(F)c1. The minimum atomic E-state index is -0.490. The van der Waals surface area contributed by atoms with Gasteiger partial charge in [0.2, 0.25) is 0 Å². The van der Waals surface area contributed by atoms with Gasteiger partial charge in [-0.05, 0) is 30.4 Å². The van der Waals surface area contributed by atoms with Crippen molar-refractivity contribution in [3.63, 3.8) is 0 Å². The largest absolute Gasteiger partial charge is 0.207 e. The monoisotopic (exact) mass is 168 g/mol. The lowest BCUT2D eigenvalue weighted by molar-refractivity contribution is 0.402. The van der Waals surface area contributed by atoms with E-state index in [0.29, 0.717) is 11.5 Å². The molecule has 0 nitrogen and oxygen atoms in total. The van der Waals surface area contributed by atoms with Gasteiger partial charge >= 0.3 is 0 Å². The molecule has 0 unspecified atom stereocenters. The number of benzene rings is 1. The summed E-state index contributed by atoms with van der Waals surface area (Å²) < 4.78 is 25.6. The van der Waals surface area contributed by atoms with Crippen molar-refractivity contribution in [3.8, 4) is 0 Å². The molecule has 0 amide bonds. The van der Waals surface area contributed by atoms with E-state index in [2.05, 4.69) is 0 Å². The highest BCUT2D eigenvalue weighted by Gasteiger charge is 2.22. The molecular formula is C10H10F2. The molecule has 0 N–H and O–H groups in total. The first-order valence-corrected chi connectivity index (χ1v) is 4.22. The van der Waals surface area contributed by atoms with Crippen LogP contribution in [0.25, 0.3) is 0 Å². The van der Waals surface area contributed by atoms with E-state index in [1.807, 2.05) is 0 Å². The molecule has 2 heteroatoms. The molecule has 1 aliphatic carbocycles. The van der Waals surface area contributed by atoms with Crippen LogP contribution in [0.1, 0.15) is 30.7 Å². The van der Waals surface area contributed by atoms with E-state index in [4.69, 9.17) is 0 Å². The molecule has 64 valence electrons. The average molecular weight is 168 g/mol. The molecular weight excluding hydrogens is 158 g/mol.